The monoisotopic (exact) mass is 306 g/mol. The highest BCUT2D eigenvalue weighted by Crippen LogP contribution is 2.20. The minimum atomic E-state index is -0.382. The number of aryl methyl sites for hydroxylation is 2. The molecule has 120 valence electrons. The molecule has 1 fully saturated rings. The van der Waals surface area contributed by atoms with E-state index in [0.29, 0.717) is 24.3 Å². The summed E-state index contributed by atoms with van der Waals surface area (Å²) in [6.07, 6.45) is 0.809. The number of rotatable bonds is 4. The number of imidazole rings is 1. The number of aromatic amines is 1. The van der Waals surface area contributed by atoms with Crippen molar-refractivity contribution in [3.63, 3.8) is 0 Å². The van der Waals surface area contributed by atoms with Gasteiger partial charge in [-0.05, 0) is 13.3 Å². The number of anilines is 1. The molecule has 0 aliphatic carbocycles. The molecule has 0 aromatic carbocycles. The molecule has 8 nitrogen and oxygen atoms in total. The number of H-pyrrole nitrogens is 1. The summed E-state index contributed by atoms with van der Waals surface area (Å²) >= 11 is 0. The molecular formula is C14H22N6O2. The van der Waals surface area contributed by atoms with E-state index in [0.717, 1.165) is 38.5 Å². The molecule has 0 atom stereocenters. The Balaban J connectivity index is 2.26. The van der Waals surface area contributed by atoms with Crippen molar-refractivity contribution >= 4 is 17.1 Å². The number of fused-ring (bicyclic) bond motifs is 1. The predicted molar refractivity (Wildman–Crippen MR) is 85.7 cm³/mol. The van der Waals surface area contributed by atoms with Gasteiger partial charge in [0.05, 0.1) is 0 Å². The number of hydrogen-bond acceptors (Lipinski definition) is 5. The van der Waals surface area contributed by atoms with Crippen molar-refractivity contribution in [3.05, 3.63) is 20.8 Å². The van der Waals surface area contributed by atoms with Crippen LogP contribution in [-0.4, -0.2) is 45.3 Å². The Morgan fingerprint density at radius 2 is 1.86 bits per heavy atom. The van der Waals surface area contributed by atoms with Crippen LogP contribution in [0.2, 0.25) is 0 Å². The first-order valence-corrected chi connectivity index (χ1v) is 7.86. The molecule has 22 heavy (non-hydrogen) atoms. The second-order valence-corrected chi connectivity index (χ2v) is 5.48. The maximum absolute atomic E-state index is 12.3. The molecule has 0 amide bonds. The summed E-state index contributed by atoms with van der Waals surface area (Å²) in [7, 11) is 0. The zero-order valence-electron chi connectivity index (χ0n) is 13.1. The van der Waals surface area contributed by atoms with Crippen LogP contribution in [0.4, 0.5) is 5.95 Å². The van der Waals surface area contributed by atoms with E-state index in [1.807, 2.05) is 18.4 Å². The lowest BCUT2D eigenvalue weighted by atomic mass is 10.4. The molecule has 3 rings (SSSR count). The van der Waals surface area contributed by atoms with Crippen LogP contribution in [0.15, 0.2) is 9.59 Å². The summed E-state index contributed by atoms with van der Waals surface area (Å²) in [5.74, 6) is 0.778. The lowest BCUT2D eigenvalue weighted by Gasteiger charge is -2.28. The first-order valence-electron chi connectivity index (χ1n) is 7.86. The zero-order valence-corrected chi connectivity index (χ0v) is 13.1. The van der Waals surface area contributed by atoms with Crippen molar-refractivity contribution in [2.24, 2.45) is 0 Å². The van der Waals surface area contributed by atoms with Crippen molar-refractivity contribution in [3.8, 4) is 0 Å². The van der Waals surface area contributed by atoms with Crippen molar-refractivity contribution < 1.29 is 0 Å². The van der Waals surface area contributed by atoms with Gasteiger partial charge in [-0.25, -0.2) is 4.79 Å². The van der Waals surface area contributed by atoms with Crippen LogP contribution < -0.4 is 21.5 Å². The van der Waals surface area contributed by atoms with E-state index < -0.39 is 0 Å². The highest BCUT2D eigenvalue weighted by Gasteiger charge is 2.22. The molecule has 2 aromatic rings. The van der Waals surface area contributed by atoms with Gasteiger partial charge in [0.1, 0.15) is 0 Å². The molecule has 1 aliphatic rings. The Morgan fingerprint density at radius 3 is 2.50 bits per heavy atom. The summed E-state index contributed by atoms with van der Waals surface area (Å²) in [4.78, 5) is 33.6. The molecule has 0 unspecified atom stereocenters. The lowest BCUT2D eigenvalue weighted by Crippen LogP contribution is -2.44. The third-order valence-corrected chi connectivity index (χ3v) is 4.03. The van der Waals surface area contributed by atoms with E-state index >= 15 is 0 Å². The van der Waals surface area contributed by atoms with Crippen LogP contribution >= 0.6 is 0 Å². The zero-order chi connectivity index (χ0) is 15.7. The number of nitrogens with zero attached hydrogens (tertiary/aromatic N) is 4. The Hall–Kier alpha value is -2.09. The van der Waals surface area contributed by atoms with Gasteiger partial charge in [0.2, 0.25) is 5.95 Å². The van der Waals surface area contributed by atoms with Gasteiger partial charge in [0, 0.05) is 39.3 Å². The largest absolute Gasteiger partial charge is 0.340 e. The number of nitrogens with one attached hydrogen (secondary N) is 2. The second kappa shape index (κ2) is 5.96. The maximum atomic E-state index is 12.3. The maximum Gasteiger partial charge on any atom is 0.330 e. The third-order valence-electron chi connectivity index (χ3n) is 4.03. The van der Waals surface area contributed by atoms with E-state index in [-0.39, 0.29) is 11.2 Å². The standard InChI is InChI=1S/C14H22N6O2/c1-3-7-20-11-10(12(21)17-14(20)22)19(4-2)13(16-11)18-8-5-15-6-9-18/h15H,3-9H2,1-2H3,(H,17,21,22). The van der Waals surface area contributed by atoms with Crippen LogP contribution in [0.1, 0.15) is 20.3 Å². The Bertz CT molecular complexity index is 781. The quantitative estimate of drug-likeness (QED) is 0.811. The highest BCUT2D eigenvalue weighted by atomic mass is 16.2. The summed E-state index contributed by atoms with van der Waals surface area (Å²) in [6.45, 7) is 8.66. The molecule has 1 aliphatic heterocycles. The molecule has 2 N–H and O–H groups in total. The van der Waals surface area contributed by atoms with Crippen LogP contribution in [-0.2, 0) is 13.1 Å². The minimum absolute atomic E-state index is 0.358. The predicted octanol–water partition coefficient (Wildman–Crippen LogP) is -0.274. The average molecular weight is 306 g/mol. The van der Waals surface area contributed by atoms with Crippen LogP contribution in [0.25, 0.3) is 11.2 Å². The Morgan fingerprint density at radius 1 is 1.14 bits per heavy atom. The van der Waals surface area contributed by atoms with Crippen molar-refractivity contribution in [1.29, 1.82) is 0 Å². The summed E-state index contributed by atoms with van der Waals surface area (Å²) in [5.41, 5.74) is 0.241. The molecule has 0 bridgehead atoms. The average Bonchev–Trinajstić information content (AvgIpc) is 2.92. The van der Waals surface area contributed by atoms with Gasteiger partial charge in [-0.2, -0.15) is 4.98 Å². The summed E-state index contributed by atoms with van der Waals surface area (Å²) < 4.78 is 3.47. The van der Waals surface area contributed by atoms with Gasteiger partial charge in [-0.1, -0.05) is 6.92 Å². The van der Waals surface area contributed by atoms with Crippen molar-refractivity contribution in [2.75, 3.05) is 31.1 Å². The van der Waals surface area contributed by atoms with Gasteiger partial charge in [0.25, 0.3) is 5.56 Å². The minimum Gasteiger partial charge on any atom is -0.340 e. The van der Waals surface area contributed by atoms with Gasteiger partial charge in [-0.3, -0.25) is 14.3 Å². The number of piperazine rings is 1. The summed E-state index contributed by atoms with van der Waals surface area (Å²) in [6, 6.07) is 0. The molecule has 8 heteroatoms. The molecule has 0 spiro atoms. The van der Waals surface area contributed by atoms with Gasteiger partial charge < -0.3 is 14.8 Å². The van der Waals surface area contributed by atoms with Crippen molar-refractivity contribution in [2.45, 2.75) is 33.4 Å². The van der Waals surface area contributed by atoms with E-state index in [1.165, 1.54) is 0 Å². The van der Waals surface area contributed by atoms with E-state index in [1.54, 1.807) is 4.57 Å². The van der Waals surface area contributed by atoms with Crippen molar-refractivity contribution in [1.82, 2.24) is 24.4 Å². The molecule has 2 aromatic heterocycles. The third kappa shape index (κ3) is 2.33. The SMILES string of the molecule is CCCn1c(=O)[nH]c(=O)c2c1nc(N1CCNCC1)n2CC. The topological polar surface area (TPSA) is 87.9 Å². The lowest BCUT2D eigenvalue weighted by molar-refractivity contribution is 0.569. The molecular weight excluding hydrogens is 284 g/mol. The fraction of sp³-hybridized carbons (Fsp3) is 0.643. The first-order chi connectivity index (χ1) is 10.7. The van der Waals surface area contributed by atoms with Crippen LogP contribution in [0.3, 0.4) is 0 Å². The Kier molecular flexibility index (Phi) is 4.02. The van der Waals surface area contributed by atoms with Gasteiger partial charge in [-0.15, -0.1) is 0 Å². The number of hydrogen-bond donors (Lipinski definition) is 2. The summed E-state index contributed by atoms with van der Waals surface area (Å²) in [5, 5.41) is 3.31. The normalized spacial score (nSPS) is 15.6. The van der Waals surface area contributed by atoms with Crippen LogP contribution in [0.5, 0.6) is 0 Å². The molecule has 3 heterocycles. The van der Waals surface area contributed by atoms with E-state index in [2.05, 4.69) is 20.2 Å². The molecule has 1 saturated heterocycles. The van der Waals surface area contributed by atoms with Gasteiger partial charge in [0.15, 0.2) is 11.2 Å². The fourth-order valence-corrected chi connectivity index (χ4v) is 3.00. The Labute approximate surface area is 127 Å². The molecule has 0 radical (unpaired) electrons. The smallest absolute Gasteiger partial charge is 0.330 e. The number of aromatic nitrogens is 4. The van der Waals surface area contributed by atoms with E-state index in [4.69, 9.17) is 0 Å². The van der Waals surface area contributed by atoms with Gasteiger partial charge >= 0.3 is 5.69 Å². The second-order valence-electron chi connectivity index (χ2n) is 5.48. The molecule has 0 saturated carbocycles. The van der Waals surface area contributed by atoms with E-state index in [9.17, 15) is 9.59 Å². The fourth-order valence-electron chi connectivity index (χ4n) is 3.00. The van der Waals surface area contributed by atoms with Crippen LogP contribution in [0, 0.1) is 0 Å². The first kappa shape index (κ1) is 14.8. The highest BCUT2D eigenvalue weighted by molar-refractivity contribution is 5.74.